The summed E-state index contributed by atoms with van der Waals surface area (Å²) < 4.78 is 47.2. The predicted molar refractivity (Wildman–Crippen MR) is 180 cm³/mol. The van der Waals surface area contributed by atoms with E-state index in [4.69, 9.17) is 11.3 Å². The molecule has 0 fully saturated rings. The smallest absolute Gasteiger partial charge is 0.216 e. The van der Waals surface area contributed by atoms with Gasteiger partial charge in [-0.25, -0.2) is 4.98 Å². The van der Waals surface area contributed by atoms with Crippen molar-refractivity contribution in [3.05, 3.63) is 112 Å². The maximum Gasteiger partial charge on any atom is 0.216 e. The Balaban J connectivity index is 0.000000246. The zero-order chi connectivity index (χ0) is 34.6. The van der Waals surface area contributed by atoms with Crippen molar-refractivity contribution in [2.45, 2.75) is 54.8 Å². The Kier molecular flexibility index (Phi) is 7.41. The predicted octanol–water partition coefficient (Wildman–Crippen LogP) is 10.4. The molecule has 5 heterocycles. The fraction of sp³-hybridized carbons (Fsp3) is 0.237. The second-order valence-corrected chi connectivity index (χ2v) is 12.8. The Morgan fingerprint density at radius 2 is 1.77 bits per heavy atom. The monoisotopic (exact) mass is 779 g/mol. The number of aryl methyl sites for hydroxylation is 4. The zero-order valence-electron chi connectivity index (χ0n) is 30.4. The van der Waals surface area contributed by atoms with Crippen LogP contribution in [0.25, 0.3) is 54.7 Å². The molecule has 4 nitrogen and oxygen atoms in total. The van der Waals surface area contributed by atoms with Gasteiger partial charge in [0.05, 0.1) is 5.58 Å². The van der Waals surface area contributed by atoms with E-state index in [1.807, 2.05) is 51.2 Å². The van der Waals surface area contributed by atoms with Crippen LogP contribution >= 0.6 is 11.3 Å². The summed E-state index contributed by atoms with van der Waals surface area (Å²) in [5.41, 5.74) is 7.23. The Hall–Kier alpha value is -3.70. The number of hydrogen-bond donors (Lipinski definition) is 0. The molecule has 0 amide bonds. The van der Waals surface area contributed by atoms with E-state index in [9.17, 15) is 0 Å². The van der Waals surface area contributed by atoms with Crippen LogP contribution in [-0.2, 0) is 26.5 Å². The number of fused-ring (bicyclic) bond motifs is 4. The van der Waals surface area contributed by atoms with E-state index in [1.54, 1.807) is 18.3 Å². The molecule has 0 atom stereocenters. The van der Waals surface area contributed by atoms with Gasteiger partial charge in [-0.15, -0.1) is 64.9 Å². The minimum atomic E-state index is -2.32. The van der Waals surface area contributed by atoms with Gasteiger partial charge in [0.25, 0.3) is 0 Å². The molecule has 0 aliphatic heterocycles. The van der Waals surface area contributed by atoms with Crippen molar-refractivity contribution in [1.82, 2.24) is 15.0 Å². The summed E-state index contributed by atoms with van der Waals surface area (Å²) in [5.74, 6) is 0. The summed E-state index contributed by atoms with van der Waals surface area (Å²) in [6.45, 7) is 9.59. The van der Waals surface area contributed by atoms with Crippen molar-refractivity contribution in [3.8, 4) is 22.5 Å². The molecule has 0 aliphatic rings. The molecule has 0 N–H and O–H groups in total. The van der Waals surface area contributed by atoms with Crippen molar-refractivity contribution in [3.63, 3.8) is 0 Å². The van der Waals surface area contributed by atoms with Crippen LogP contribution in [0.4, 0.5) is 0 Å². The van der Waals surface area contributed by atoms with E-state index in [-0.39, 0.29) is 31.5 Å². The van der Waals surface area contributed by atoms with Gasteiger partial charge in [-0.3, -0.25) is 0 Å². The van der Waals surface area contributed by atoms with E-state index in [2.05, 4.69) is 66.1 Å². The standard InChI is InChI=1S/C24H21N2OS.C14H14N.Ir/c1-14-8-9-17-16-6-5-7-18(22(16)27-23(17)26-14)21-19-12-15(13-24(2,3)4)28-20(19)10-11-25-21;1-10-4-6-13(7-5-10)14-8-11(2)12(3)9-15-14;/h5-6,8-12H,13H2,1-4H3;4-6,8-9H,1-3H3;/q2*-1;/i1D3,13D2;;. The number of pyridine rings is 3. The Labute approximate surface area is 284 Å². The second kappa shape index (κ2) is 12.7. The number of benzene rings is 2. The minimum absolute atomic E-state index is 0. The van der Waals surface area contributed by atoms with Crippen molar-refractivity contribution < 1.29 is 31.4 Å². The summed E-state index contributed by atoms with van der Waals surface area (Å²) in [4.78, 5) is 13.9. The molecule has 7 rings (SSSR count). The molecule has 0 saturated carbocycles. The first-order chi connectivity index (χ1) is 22.5. The molecule has 0 saturated heterocycles. The first-order valence-electron chi connectivity index (χ1n) is 16.6. The number of nitrogens with zero attached hydrogens (tertiary/aromatic N) is 3. The molecule has 0 aliphatic carbocycles. The van der Waals surface area contributed by atoms with Crippen molar-refractivity contribution >= 4 is 43.5 Å². The average Bonchev–Trinajstić information content (AvgIpc) is 3.64. The van der Waals surface area contributed by atoms with Crippen LogP contribution in [-0.4, -0.2) is 15.0 Å². The van der Waals surface area contributed by atoms with Gasteiger partial charge in [0, 0.05) is 65.7 Å². The van der Waals surface area contributed by atoms with Crippen LogP contribution in [0, 0.1) is 45.2 Å². The van der Waals surface area contributed by atoms with E-state index in [0.29, 0.717) is 21.7 Å². The summed E-state index contributed by atoms with van der Waals surface area (Å²) in [6.07, 6.45) is 2.10. The Bertz CT molecular complexity index is 2290. The third-order valence-corrected chi connectivity index (χ3v) is 8.11. The number of rotatable bonds is 3. The summed E-state index contributed by atoms with van der Waals surface area (Å²) in [5, 5.41) is 2.34. The first-order valence-corrected chi connectivity index (χ1v) is 14.9. The number of hydrogen-bond acceptors (Lipinski definition) is 5. The summed E-state index contributed by atoms with van der Waals surface area (Å²) in [6, 6.07) is 25.3. The number of thiophene rings is 1. The summed E-state index contributed by atoms with van der Waals surface area (Å²) >= 11 is 1.42. The SMILES string of the molecule is Cc1c[c-]c(-c2cc(C)c(C)cn2)cc1.[2H]C([2H])([2H])c1ccc2c(n1)oc1c(-c3nccc4sc(C([2H])([2H])C(C)(C)C)cc34)[c-]ccc12.[Ir]. The van der Waals surface area contributed by atoms with Crippen LogP contribution in [0.2, 0.25) is 0 Å². The van der Waals surface area contributed by atoms with Gasteiger partial charge in [0.15, 0.2) is 0 Å². The molecule has 0 spiro atoms. The normalized spacial score (nSPS) is 13.7. The van der Waals surface area contributed by atoms with E-state index in [0.717, 1.165) is 32.1 Å². The molecule has 2 aromatic carbocycles. The number of furan rings is 1. The van der Waals surface area contributed by atoms with E-state index >= 15 is 0 Å². The topological polar surface area (TPSA) is 51.8 Å². The first kappa shape index (κ1) is 25.6. The quantitative estimate of drug-likeness (QED) is 0.168. The molecule has 7 aromatic rings. The van der Waals surface area contributed by atoms with Crippen molar-refractivity contribution in [2.75, 3.05) is 0 Å². The van der Waals surface area contributed by atoms with Gasteiger partial charge in [-0.1, -0.05) is 50.3 Å². The zero-order valence-corrected chi connectivity index (χ0v) is 28.6. The Morgan fingerprint density at radius 1 is 0.932 bits per heavy atom. The maximum absolute atomic E-state index is 8.68. The molecule has 5 aromatic heterocycles. The Morgan fingerprint density at radius 3 is 2.50 bits per heavy atom. The van der Waals surface area contributed by atoms with Gasteiger partial charge in [-0.05, 0) is 73.4 Å². The molecular formula is C38H35IrN3OS-2. The number of aromatic nitrogens is 3. The maximum atomic E-state index is 8.68. The van der Waals surface area contributed by atoms with E-state index < -0.39 is 18.6 Å². The largest absolute Gasteiger partial charge is 0.486 e. The van der Waals surface area contributed by atoms with Gasteiger partial charge in [0.2, 0.25) is 5.71 Å². The average molecular weight is 779 g/mol. The van der Waals surface area contributed by atoms with Crippen LogP contribution in [0.3, 0.4) is 0 Å². The fourth-order valence-corrected chi connectivity index (χ4v) is 5.99. The molecular weight excluding hydrogens is 739 g/mol. The van der Waals surface area contributed by atoms with Crippen LogP contribution in [0.5, 0.6) is 0 Å². The summed E-state index contributed by atoms with van der Waals surface area (Å²) in [7, 11) is 0. The second-order valence-electron chi connectivity index (χ2n) is 11.7. The van der Waals surface area contributed by atoms with Gasteiger partial charge in [0.1, 0.15) is 0 Å². The van der Waals surface area contributed by atoms with E-state index in [1.165, 1.54) is 34.1 Å². The molecule has 0 bridgehead atoms. The minimum Gasteiger partial charge on any atom is -0.486 e. The fourth-order valence-electron chi connectivity index (χ4n) is 4.83. The third kappa shape index (κ3) is 6.68. The van der Waals surface area contributed by atoms with Gasteiger partial charge < -0.3 is 14.4 Å². The van der Waals surface area contributed by atoms with Gasteiger partial charge in [-0.2, -0.15) is 0 Å². The third-order valence-electron chi connectivity index (χ3n) is 7.10. The molecule has 6 heteroatoms. The molecule has 1 radical (unpaired) electrons. The van der Waals surface area contributed by atoms with Crippen LogP contribution < -0.4 is 0 Å². The van der Waals surface area contributed by atoms with Crippen molar-refractivity contribution in [2.24, 2.45) is 5.41 Å². The van der Waals surface area contributed by atoms with Crippen LogP contribution in [0.1, 0.15) is 54.9 Å². The molecule has 225 valence electrons. The molecule has 44 heavy (non-hydrogen) atoms. The van der Waals surface area contributed by atoms with Crippen molar-refractivity contribution in [1.29, 1.82) is 0 Å². The van der Waals surface area contributed by atoms with Crippen LogP contribution in [0.15, 0.2) is 77.5 Å². The van der Waals surface area contributed by atoms with Gasteiger partial charge >= 0.3 is 0 Å². The molecule has 0 unspecified atom stereocenters.